The Kier molecular flexibility index (Phi) is 4.79. The monoisotopic (exact) mass is 389 g/mol. The molecule has 0 amide bonds. The number of nitrogens with zero attached hydrogens (tertiary/aromatic N) is 1. The Balaban J connectivity index is 1.64. The number of amidine groups is 1. The Labute approximate surface area is 165 Å². The van der Waals surface area contributed by atoms with Crippen LogP contribution in [0.2, 0.25) is 5.02 Å². The van der Waals surface area contributed by atoms with E-state index in [0.29, 0.717) is 6.54 Å². The first-order valence-electron chi connectivity index (χ1n) is 9.42. The van der Waals surface area contributed by atoms with Crippen molar-refractivity contribution in [2.24, 2.45) is 4.99 Å². The molecule has 0 saturated heterocycles. The number of benzene rings is 1. The van der Waals surface area contributed by atoms with E-state index in [4.69, 9.17) is 28.2 Å². The highest BCUT2D eigenvalue weighted by Crippen LogP contribution is 2.42. The van der Waals surface area contributed by atoms with Crippen molar-refractivity contribution in [2.75, 3.05) is 17.2 Å². The third kappa shape index (κ3) is 3.52. The SMILES string of the molecule is CC1(Cl)C=CC=C(CN=C2Nc3cccc(Cl)c3NC23CCCCC3)C1. The molecule has 1 aromatic carbocycles. The van der Waals surface area contributed by atoms with Crippen molar-refractivity contribution in [3.8, 4) is 0 Å². The summed E-state index contributed by atoms with van der Waals surface area (Å²) in [5.74, 6) is 1.04. The summed E-state index contributed by atoms with van der Waals surface area (Å²) in [6.45, 7) is 2.72. The molecular weight excluding hydrogens is 365 g/mol. The van der Waals surface area contributed by atoms with Gasteiger partial charge in [-0.25, -0.2) is 0 Å². The number of aliphatic imine (C=N–C) groups is 1. The van der Waals surface area contributed by atoms with E-state index in [1.807, 2.05) is 31.2 Å². The summed E-state index contributed by atoms with van der Waals surface area (Å²) >= 11 is 12.9. The summed E-state index contributed by atoms with van der Waals surface area (Å²) in [5.41, 5.74) is 3.14. The second kappa shape index (κ2) is 6.94. The molecule has 1 spiro atoms. The molecule has 0 aromatic heterocycles. The number of hydrogen-bond donors (Lipinski definition) is 2. The van der Waals surface area contributed by atoms with Crippen molar-refractivity contribution in [3.63, 3.8) is 0 Å². The lowest BCUT2D eigenvalue weighted by atomic mass is 9.79. The second-order valence-corrected chi connectivity index (χ2v) is 9.13. The predicted octanol–water partition coefficient (Wildman–Crippen LogP) is 6.16. The van der Waals surface area contributed by atoms with Crippen molar-refractivity contribution in [2.45, 2.75) is 55.9 Å². The van der Waals surface area contributed by atoms with Crippen LogP contribution in [0, 0.1) is 0 Å². The second-order valence-electron chi connectivity index (χ2n) is 7.86. The van der Waals surface area contributed by atoms with E-state index in [9.17, 15) is 0 Å². The number of alkyl halides is 1. The quantitative estimate of drug-likeness (QED) is 0.593. The van der Waals surface area contributed by atoms with Gasteiger partial charge in [-0.05, 0) is 43.9 Å². The van der Waals surface area contributed by atoms with Gasteiger partial charge in [-0.2, -0.15) is 0 Å². The third-order valence-corrected chi connectivity index (χ3v) is 6.15. The van der Waals surface area contributed by atoms with E-state index in [-0.39, 0.29) is 10.4 Å². The number of anilines is 2. The first-order chi connectivity index (χ1) is 12.5. The topological polar surface area (TPSA) is 36.4 Å². The van der Waals surface area contributed by atoms with Crippen LogP contribution in [-0.2, 0) is 0 Å². The van der Waals surface area contributed by atoms with Gasteiger partial charge in [-0.15, -0.1) is 11.6 Å². The Bertz CT molecular complexity index is 786. The Morgan fingerprint density at radius 3 is 2.77 bits per heavy atom. The summed E-state index contributed by atoms with van der Waals surface area (Å²) in [5, 5.41) is 8.09. The molecule has 1 fully saturated rings. The lowest BCUT2D eigenvalue weighted by molar-refractivity contribution is 0.403. The van der Waals surface area contributed by atoms with Crippen molar-refractivity contribution < 1.29 is 0 Å². The molecule has 26 heavy (non-hydrogen) atoms. The fourth-order valence-electron chi connectivity index (χ4n) is 4.24. The number of para-hydroxylation sites is 1. The maximum Gasteiger partial charge on any atom is 0.127 e. The summed E-state index contributed by atoms with van der Waals surface area (Å²) in [6, 6.07) is 5.96. The van der Waals surface area contributed by atoms with Gasteiger partial charge in [0.15, 0.2) is 0 Å². The van der Waals surface area contributed by atoms with Gasteiger partial charge in [0.05, 0.1) is 33.4 Å². The van der Waals surface area contributed by atoms with E-state index in [2.05, 4.69) is 22.8 Å². The van der Waals surface area contributed by atoms with Crippen LogP contribution in [0.3, 0.4) is 0 Å². The molecule has 2 aliphatic carbocycles. The Morgan fingerprint density at radius 2 is 2.00 bits per heavy atom. The molecule has 3 nitrogen and oxygen atoms in total. The fourth-order valence-corrected chi connectivity index (χ4v) is 4.71. The minimum Gasteiger partial charge on any atom is -0.370 e. The average Bonchev–Trinajstić information content (AvgIpc) is 2.61. The number of nitrogens with one attached hydrogen (secondary N) is 2. The Hall–Kier alpha value is -1.45. The smallest absolute Gasteiger partial charge is 0.127 e. The van der Waals surface area contributed by atoms with Crippen LogP contribution < -0.4 is 10.6 Å². The van der Waals surface area contributed by atoms with Gasteiger partial charge in [-0.1, -0.05) is 55.2 Å². The molecule has 5 heteroatoms. The maximum atomic E-state index is 6.50. The van der Waals surface area contributed by atoms with Crippen molar-refractivity contribution in [1.82, 2.24) is 0 Å². The molecule has 1 atom stereocenters. The normalized spacial score (nSPS) is 28.3. The number of fused-ring (bicyclic) bond motifs is 1. The van der Waals surface area contributed by atoms with E-state index in [1.54, 1.807) is 0 Å². The molecule has 1 aromatic rings. The van der Waals surface area contributed by atoms with Gasteiger partial charge < -0.3 is 10.6 Å². The highest BCUT2D eigenvalue weighted by molar-refractivity contribution is 6.34. The summed E-state index contributed by atoms with van der Waals surface area (Å²) in [7, 11) is 0. The lowest BCUT2D eigenvalue weighted by Gasteiger charge is -2.44. The van der Waals surface area contributed by atoms with Crippen LogP contribution in [0.1, 0.15) is 45.4 Å². The highest BCUT2D eigenvalue weighted by atomic mass is 35.5. The van der Waals surface area contributed by atoms with Crippen LogP contribution in [0.25, 0.3) is 0 Å². The van der Waals surface area contributed by atoms with E-state index >= 15 is 0 Å². The summed E-state index contributed by atoms with van der Waals surface area (Å²) in [4.78, 5) is 4.72. The fraction of sp³-hybridized carbons (Fsp3) is 0.476. The number of halogens is 2. The minimum absolute atomic E-state index is 0.133. The number of hydrogen-bond acceptors (Lipinski definition) is 2. The number of allylic oxidation sites excluding steroid dienone is 3. The zero-order valence-electron chi connectivity index (χ0n) is 15.1. The van der Waals surface area contributed by atoms with Crippen molar-refractivity contribution in [3.05, 3.63) is 47.0 Å². The molecule has 3 aliphatic rings. The first-order valence-corrected chi connectivity index (χ1v) is 10.2. The van der Waals surface area contributed by atoms with Gasteiger partial charge in [0.1, 0.15) is 5.84 Å². The summed E-state index contributed by atoms with van der Waals surface area (Å²) < 4.78 is 0. The third-order valence-electron chi connectivity index (χ3n) is 5.58. The zero-order valence-corrected chi connectivity index (χ0v) is 16.6. The van der Waals surface area contributed by atoms with Crippen molar-refractivity contribution in [1.29, 1.82) is 0 Å². The van der Waals surface area contributed by atoms with E-state index in [0.717, 1.165) is 41.5 Å². The Morgan fingerprint density at radius 1 is 1.19 bits per heavy atom. The maximum absolute atomic E-state index is 6.50. The largest absolute Gasteiger partial charge is 0.370 e. The zero-order chi connectivity index (χ0) is 18.2. The molecule has 0 radical (unpaired) electrons. The lowest BCUT2D eigenvalue weighted by Crippen LogP contribution is -2.54. The molecular formula is C21H25Cl2N3. The number of rotatable bonds is 2. The predicted molar refractivity (Wildman–Crippen MR) is 113 cm³/mol. The van der Waals surface area contributed by atoms with Crippen LogP contribution >= 0.6 is 23.2 Å². The van der Waals surface area contributed by atoms with E-state index in [1.165, 1.54) is 24.8 Å². The molecule has 4 rings (SSSR count). The van der Waals surface area contributed by atoms with Gasteiger partial charge >= 0.3 is 0 Å². The average molecular weight is 390 g/mol. The standard InChI is InChI=1S/C21H25Cl2N3/c1-20(23)10-6-7-15(13-20)14-24-19-21(11-3-2-4-12-21)26-18-16(22)8-5-9-17(18)25-19/h5-10,26H,2-4,11-14H2,1H3,(H,24,25). The van der Waals surface area contributed by atoms with Gasteiger partial charge in [0.2, 0.25) is 0 Å². The molecule has 1 unspecified atom stereocenters. The van der Waals surface area contributed by atoms with Crippen LogP contribution in [0.5, 0.6) is 0 Å². The minimum atomic E-state index is -0.300. The first kappa shape index (κ1) is 17.9. The summed E-state index contributed by atoms with van der Waals surface area (Å²) in [6.07, 6.45) is 12.9. The van der Waals surface area contributed by atoms with E-state index < -0.39 is 0 Å². The molecule has 138 valence electrons. The molecule has 0 bridgehead atoms. The van der Waals surface area contributed by atoms with Crippen LogP contribution in [-0.4, -0.2) is 22.8 Å². The van der Waals surface area contributed by atoms with Gasteiger partial charge in [0, 0.05) is 0 Å². The molecule has 1 heterocycles. The molecule has 1 aliphatic heterocycles. The van der Waals surface area contributed by atoms with Gasteiger partial charge in [-0.3, -0.25) is 4.99 Å². The molecule has 2 N–H and O–H groups in total. The van der Waals surface area contributed by atoms with Crippen LogP contribution in [0.4, 0.5) is 11.4 Å². The molecule has 1 saturated carbocycles. The van der Waals surface area contributed by atoms with Crippen LogP contribution in [0.15, 0.2) is 47.0 Å². The van der Waals surface area contributed by atoms with Crippen molar-refractivity contribution >= 4 is 40.4 Å². The van der Waals surface area contributed by atoms with Gasteiger partial charge in [0.25, 0.3) is 0 Å². The highest BCUT2D eigenvalue weighted by Gasteiger charge is 2.41.